The van der Waals surface area contributed by atoms with E-state index in [0.717, 1.165) is 36.0 Å². The summed E-state index contributed by atoms with van der Waals surface area (Å²) in [5.74, 6) is 0.434. The first kappa shape index (κ1) is 13.1. The van der Waals surface area contributed by atoms with Crippen molar-refractivity contribution in [2.24, 2.45) is 0 Å². The average Bonchev–Trinajstić information content (AvgIpc) is 2.59. The maximum absolute atomic E-state index is 11.4. The summed E-state index contributed by atoms with van der Waals surface area (Å²) in [6.45, 7) is 1.98. The largest absolute Gasteiger partial charge is 0.383 e. The molecule has 1 aliphatic carbocycles. The molecule has 3 N–H and O–H groups in total. The lowest BCUT2D eigenvalue weighted by atomic mass is 9.80. The maximum Gasteiger partial charge on any atom is 0.130 e. The number of fused-ring (bicyclic) bond motifs is 1. The Kier molecular flexibility index (Phi) is 3.22. The van der Waals surface area contributed by atoms with Crippen LogP contribution in [0.1, 0.15) is 41.5 Å². The van der Waals surface area contributed by atoms with Crippen molar-refractivity contribution in [2.45, 2.75) is 38.2 Å². The summed E-state index contributed by atoms with van der Waals surface area (Å²) in [5, 5.41) is 11.4. The van der Waals surface area contributed by atoms with Gasteiger partial charge in [-0.3, -0.25) is 0 Å². The lowest BCUT2D eigenvalue weighted by Gasteiger charge is -2.31. The number of aliphatic hydroxyl groups is 1. The molecule has 3 nitrogen and oxygen atoms in total. The number of aryl methyl sites for hydroxylation is 2. The van der Waals surface area contributed by atoms with Gasteiger partial charge in [0.05, 0.1) is 0 Å². The summed E-state index contributed by atoms with van der Waals surface area (Å²) >= 11 is 0. The minimum absolute atomic E-state index is 0.434. The molecular weight excluding hydrogens is 248 g/mol. The first-order chi connectivity index (χ1) is 9.63. The van der Waals surface area contributed by atoms with Gasteiger partial charge in [-0.1, -0.05) is 24.3 Å². The molecular formula is C17H20N2O. The smallest absolute Gasteiger partial charge is 0.130 e. The Labute approximate surface area is 119 Å². The number of nitrogens with zero attached hydrogens (tertiary/aromatic N) is 1. The Balaban J connectivity index is 2.25. The molecule has 0 spiro atoms. The molecule has 1 atom stereocenters. The second-order valence-electron chi connectivity index (χ2n) is 5.61. The van der Waals surface area contributed by atoms with E-state index in [4.69, 9.17) is 5.73 Å². The Morgan fingerprint density at radius 1 is 1.20 bits per heavy atom. The number of pyridine rings is 1. The van der Waals surface area contributed by atoms with E-state index in [-0.39, 0.29) is 0 Å². The molecule has 3 rings (SSSR count). The Morgan fingerprint density at radius 2 is 2.00 bits per heavy atom. The third-order valence-corrected chi connectivity index (χ3v) is 4.30. The minimum Gasteiger partial charge on any atom is -0.383 e. The third-order valence-electron chi connectivity index (χ3n) is 4.30. The summed E-state index contributed by atoms with van der Waals surface area (Å²) < 4.78 is 0. The zero-order valence-corrected chi connectivity index (χ0v) is 11.8. The summed E-state index contributed by atoms with van der Waals surface area (Å²) in [7, 11) is 0. The highest BCUT2D eigenvalue weighted by molar-refractivity contribution is 5.54. The molecule has 104 valence electrons. The molecule has 2 aromatic rings. The fraction of sp³-hybridized carbons (Fsp3) is 0.353. The van der Waals surface area contributed by atoms with Gasteiger partial charge in [-0.2, -0.15) is 0 Å². The molecule has 0 radical (unpaired) electrons. The molecule has 1 aliphatic rings. The quantitative estimate of drug-likeness (QED) is 0.782. The summed E-state index contributed by atoms with van der Waals surface area (Å²) in [6.07, 6.45) is 5.48. The van der Waals surface area contributed by atoms with E-state index in [1.165, 1.54) is 5.56 Å². The molecule has 0 saturated heterocycles. The van der Waals surface area contributed by atoms with E-state index in [1.54, 1.807) is 6.20 Å². The van der Waals surface area contributed by atoms with Crippen molar-refractivity contribution in [3.8, 4) is 0 Å². The van der Waals surface area contributed by atoms with Gasteiger partial charge in [0.2, 0.25) is 0 Å². The van der Waals surface area contributed by atoms with Gasteiger partial charge in [0.15, 0.2) is 0 Å². The Morgan fingerprint density at radius 3 is 2.80 bits per heavy atom. The number of hydrogen-bond donors (Lipinski definition) is 2. The predicted molar refractivity (Wildman–Crippen MR) is 80.4 cm³/mol. The lowest BCUT2D eigenvalue weighted by Crippen LogP contribution is -2.30. The number of hydrogen-bond acceptors (Lipinski definition) is 3. The Hall–Kier alpha value is -1.87. The van der Waals surface area contributed by atoms with Gasteiger partial charge in [-0.05, 0) is 55.4 Å². The van der Waals surface area contributed by atoms with Gasteiger partial charge >= 0.3 is 0 Å². The maximum atomic E-state index is 11.4. The lowest BCUT2D eigenvalue weighted by molar-refractivity contribution is 0.0703. The normalized spacial score (nSPS) is 22.1. The SMILES string of the molecule is Cc1ccnc(N)c1C1(O)CCCCc2ccccc21. The van der Waals surface area contributed by atoms with Crippen molar-refractivity contribution in [3.63, 3.8) is 0 Å². The van der Waals surface area contributed by atoms with Crippen LogP contribution in [0.3, 0.4) is 0 Å². The van der Waals surface area contributed by atoms with Crippen LogP contribution >= 0.6 is 0 Å². The second kappa shape index (κ2) is 4.91. The average molecular weight is 268 g/mol. The first-order valence-electron chi connectivity index (χ1n) is 7.15. The number of aromatic nitrogens is 1. The van der Waals surface area contributed by atoms with Crippen LogP contribution in [0.15, 0.2) is 36.5 Å². The van der Waals surface area contributed by atoms with Gasteiger partial charge in [0, 0.05) is 11.8 Å². The zero-order chi connectivity index (χ0) is 14.2. The topological polar surface area (TPSA) is 59.1 Å². The van der Waals surface area contributed by atoms with Gasteiger partial charge in [0.1, 0.15) is 11.4 Å². The van der Waals surface area contributed by atoms with Gasteiger partial charge in [0.25, 0.3) is 0 Å². The van der Waals surface area contributed by atoms with Crippen molar-refractivity contribution in [3.05, 3.63) is 58.8 Å². The third kappa shape index (κ3) is 1.98. The van der Waals surface area contributed by atoms with Crippen molar-refractivity contribution in [1.29, 1.82) is 0 Å². The summed E-state index contributed by atoms with van der Waals surface area (Å²) in [4.78, 5) is 4.18. The van der Waals surface area contributed by atoms with Crippen LogP contribution in [0.5, 0.6) is 0 Å². The van der Waals surface area contributed by atoms with Crippen LogP contribution in [-0.2, 0) is 12.0 Å². The van der Waals surface area contributed by atoms with Crippen LogP contribution in [0.4, 0.5) is 5.82 Å². The second-order valence-corrected chi connectivity index (χ2v) is 5.61. The predicted octanol–water partition coefficient (Wildman–Crippen LogP) is 2.93. The van der Waals surface area contributed by atoms with Crippen LogP contribution in [-0.4, -0.2) is 10.1 Å². The molecule has 0 saturated carbocycles. The minimum atomic E-state index is -1.02. The number of rotatable bonds is 1. The number of anilines is 1. The van der Waals surface area contributed by atoms with Crippen LogP contribution in [0.25, 0.3) is 0 Å². The van der Waals surface area contributed by atoms with Crippen LogP contribution in [0.2, 0.25) is 0 Å². The highest BCUT2D eigenvalue weighted by atomic mass is 16.3. The Bertz CT molecular complexity index is 618. The number of benzene rings is 1. The number of nitrogen functional groups attached to an aromatic ring is 1. The zero-order valence-electron chi connectivity index (χ0n) is 11.8. The van der Waals surface area contributed by atoms with Crippen LogP contribution in [0, 0.1) is 6.92 Å². The van der Waals surface area contributed by atoms with E-state index in [2.05, 4.69) is 11.1 Å². The number of nitrogens with two attached hydrogens (primary N) is 1. The van der Waals surface area contributed by atoms with Crippen molar-refractivity contribution >= 4 is 5.82 Å². The molecule has 0 aliphatic heterocycles. The highest BCUT2D eigenvalue weighted by Gasteiger charge is 2.37. The molecule has 0 fully saturated rings. The van der Waals surface area contributed by atoms with Crippen molar-refractivity contribution in [2.75, 3.05) is 5.73 Å². The summed E-state index contributed by atoms with van der Waals surface area (Å²) in [6, 6.07) is 10.1. The highest BCUT2D eigenvalue weighted by Crippen LogP contribution is 2.42. The molecule has 0 amide bonds. The molecule has 1 aromatic carbocycles. The standard InChI is InChI=1S/C17H20N2O/c1-12-9-11-19-16(18)15(12)17(20)10-5-4-7-13-6-2-3-8-14(13)17/h2-3,6,8-9,11,20H,4-5,7,10H2,1H3,(H2,18,19). The van der Waals surface area contributed by atoms with E-state index < -0.39 is 5.60 Å². The molecule has 3 heteroatoms. The fourth-order valence-electron chi connectivity index (χ4n) is 3.35. The molecule has 20 heavy (non-hydrogen) atoms. The van der Waals surface area contributed by atoms with E-state index in [9.17, 15) is 5.11 Å². The van der Waals surface area contributed by atoms with Gasteiger partial charge < -0.3 is 10.8 Å². The van der Waals surface area contributed by atoms with Gasteiger partial charge in [-0.15, -0.1) is 0 Å². The van der Waals surface area contributed by atoms with E-state index in [1.807, 2.05) is 31.2 Å². The molecule has 1 heterocycles. The molecule has 0 bridgehead atoms. The van der Waals surface area contributed by atoms with Crippen molar-refractivity contribution in [1.82, 2.24) is 4.98 Å². The van der Waals surface area contributed by atoms with E-state index >= 15 is 0 Å². The van der Waals surface area contributed by atoms with E-state index in [0.29, 0.717) is 12.2 Å². The fourth-order valence-corrected chi connectivity index (χ4v) is 3.35. The molecule has 1 aromatic heterocycles. The van der Waals surface area contributed by atoms with Crippen LogP contribution < -0.4 is 5.73 Å². The van der Waals surface area contributed by atoms with Gasteiger partial charge in [-0.25, -0.2) is 4.98 Å². The monoisotopic (exact) mass is 268 g/mol. The summed E-state index contributed by atoms with van der Waals surface area (Å²) in [5.41, 5.74) is 9.03. The van der Waals surface area contributed by atoms with Crippen molar-refractivity contribution < 1.29 is 5.11 Å². The molecule has 1 unspecified atom stereocenters. The first-order valence-corrected chi connectivity index (χ1v) is 7.15.